The molecule has 0 spiro atoms. The second-order valence-corrected chi connectivity index (χ2v) is 5.82. The molecule has 0 aromatic heterocycles. The van der Waals surface area contributed by atoms with Gasteiger partial charge in [0, 0.05) is 17.0 Å². The van der Waals surface area contributed by atoms with E-state index in [0.717, 1.165) is 0 Å². The van der Waals surface area contributed by atoms with Gasteiger partial charge in [-0.3, -0.25) is 4.79 Å². The Morgan fingerprint density at radius 1 is 1.19 bits per heavy atom. The molecule has 1 rings (SSSR count). The molecule has 0 aliphatic heterocycles. The average molecular weight is 321 g/mol. The third-order valence-electron chi connectivity index (χ3n) is 3.24. The number of hydrogen-bond acceptors (Lipinski definition) is 3. The number of thioether (sulfide) groups is 1. The third-order valence-corrected chi connectivity index (χ3v) is 3.98. The summed E-state index contributed by atoms with van der Waals surface area (Å²) in [5, 5.41) is 12.6. The van der Waals surface area contributed by atoms with Crippen molar-refractivity contribution in [3.8, 4) is 0 Å². The zero-order valence-corrected chi connectivity index (χ0v) is 12.6. The van der Waals surface area contributed by atoms with Crippen LogP contribution in [0.3, 0.4) is 0 Å². The highest BCUT2D eigenvalue weighted by Crippen LogP contribution is 2.36. The first-order chi connectivity index (χ1) is 9.69. The van der Waals surface area contributed by atoms with Gasteiger partial charge in [-0.05, 0) is 48.9 Å². The summed E-state index contributed by atoms with van der Waals surface area (Å²) in [5.41, 5.74) is -5.04. The summed E-state index contributed by atoms with van der Waals surface area (Å²) in [6, 6.07) is 5.17. The Kier molecular flexibility index (Phi) is 6.10. The van der Waals surface area contributed by atoms with E-state index in [1.54, 1.807) is 0 Å². The Morgan fingerprint density at radius 2 is 1.71 bits per heavy atom. The van der Waals surface area contributed by atoms with Gasteiger partial charge in [0.2, 0.25) is 0 Å². The maximum absolute atomic E-state index is 12.2. The second-order valence-electron chi connectivity index (χ2n) is 4.69. The Bertz CT molecular complexity index is 470. The highest BCUT2D eigenvalue weighted by atomic mass is 32.2. The Labute approximate surface area is 125 Å². The highest BCUT2D eigenvalue weighted by molar-refractivity contribution is 8.00. The van der Waals surface area contributed by atoms with Crippen LogP contribution in [0.4, 0.5) is 13.2 Å². The van der Waals surface area contributed by atoms with Gasteiger partial charge in [-0.25, -0.2) is 0 Å². The lowest BCUT2D eigenvalue weighted by Gasteiger charge is -2.25. The van der Waals surface area contributed by atoms with Crippen molar-refractivity contribution in [3.05, 3.63) is 29.8 Å². The van der Waals surface area contributed by atoms with Gasteiger partial charge in [-0.1, -0.05) is 13.8 Å². The van der Waals surface area contributed by atoms with Crippen LogP contribution in [0.25, 0.3) is 0 Å². The molecule has 0 atom stereocenters. The van der Waals surface area contributed by atoms with Gasteiger partial charge in [0.05, 0.1) is 5.60 Å². The van der Waals surface area contributed by atoms with Gasteiger partial charge in [0.25, 0.3) is 5.91 Å². The minimum atomic E-state index is -4.34. The van der Waals surface area contributed by atoms with Crippen molar-refractivity contribution in [2.45, 2.75) is 42.7 Å². The van der Waals surface area contributed by atoms with E-state index in [0.29, 0.717) is 12.8 Å². The zero-order valence-electron chi connectivity index (χ0n) is 11.8. The van der Waals surface area contributed by atoms with Crippen LogP contribution in [0.5, 0.6) is 0 Å². The number of nitrogens with one attached hydrogen (secondary N) is 1. The van der Waals surface area contributed by atoms with E-state index in [1.165, 1.54) is 24.3 Å². The summed E-state index contributed by atoms with van der Waals surface area (Å²) >= 11 is -0.226. The van der Waals surface area contributed by atoms with Crippen LogP contribution in [0.2, 0.25) is 0 Å². The molecule has 21 heavy (non-hydrogen) atoms. The van der Waals surface area contributed by atoms with E-state index in [4.69, 9.17) is 0 Å². The minimum absolute atomic E-state index is 0.0256. The average Bonchev–Trinajstić information content (AvgIpc) is 2.43. The molecule has 2 N–H and O–H groups in total. The van der Waals surface area contributed by atoms with Gasteiger partial charge in [0.15, 0.2) is 0 Å². The largest absolute Gasteiger partial charge is 0.446 e. The molecule has 0 aliphatic carbocycles. The molecule has 118 valence electrons. The smallest absolute Gasteiger partial charge is 0.388 e. The summed E-state index contributed by atoms with van der Waals surface area (Å²) < 4.78 is 36.6. The first-order valence-corrected chi connectivity index (χ1v) is 7.37. The Morgan fingerprint density at radius 3 is 2.14 bits per heavy atom. The predicted molar refractivity (Wildman–Crippen MR) is 76.2 cm³/mol. The highest BCUT2D eigenvalue weighted by Gasteiger charge is 2.29. The first-order valence-electron chi connectivity index (χ1n) is 6.55. The fourth-order valence-corrected chi connectivity index (χ4v) is 2.19. The third kappa shape index (κ3) is 5.97. The summed E-state index contributed by atoms with van der Waals surface area (Å²) in [4.78, 5) is 11.9. The van der Waals surface area contributed by atoms with Crippen LogP contribution in [0, 0.1) is 0 Å². The molecule has 0 bridgehead atoms. The summed E-state index contributed by atoms with van der Waals surface area (Å²) in [6.07, 6.45) is 1.01. The SMILES string of the molecule is CCC(O)(CC)CNC(=O)c1ccc(SC(F)(F)F)cc1. The van der Waals surface area contributed by atoms with Crippen molar-refractivity contribution in [1.29, 1.82) is 0 Å². The molecule has 0 heterocycles. The molecule has 7 heteroatoms. The summed E-state index contributed by atoms with van der Waals surface area (Å²) in [5.74, 6) is -0.418. The van der Waals surface area contributed by atoms with E-state index in [2.05, 4.69) is 5.32 Å². The maximum atomic E-state index is 12.2. The van der Waals surface area contributed by atoms with E-state index >= 15 is 0 Å². The molecule has 1 amide bonds. The van der Waals surface area contributed by atoms with Crippen molar-refractivity contribution in [2.75, 3.05) is 6.54 Å². The molecule has 0 aliphatic rings. The number of carbonyl (C=O) groups excluding carboxylic acids is 1. The molecule has 0 fully saturated rings. The Hall–Kier alpha value is -1.21. The lowest BCUT2D eigenvalue weighted by Crippen LogP contribution is -2.42. The number of hydrogen-bond donors (Lipinski definition) is 2. The van der Waals surface area contributed by atoms with Gasteiger partial charge >= 0.3 is 5.51 Å². The molecule has 0 unspecified atom stereocenters. The lowest BCUT2D eigenvalue weighted by molar-refractivity contribution is -0.0328. The molecule has 0 saturated heterocycles. The fraction of sp³-hybridized carbons (Fsp3) is 0.500. The molecule has 0 radical (unpaired) electrons. The maximum Gasteiger partial charge on any atom is 0.446 e. The standard InChI is InChI=1S/C14H18F3NO2S/c1-3-13(20,4-2)9-18-12(19)10-5-7-11(8-6-10)21-14(15,16)17/h5-8,20H,3-4,9H2,1-2H3,(H,18,19). The lowest BCUT2D eigenvalue weighted by atomic mass is 9.97. The second kappa shape index (κ2) is 7.17. The molecule has 1 aromatic rings. The number of carbonyl (C=O) groups is 1. The van der Waals surface area contributed by atoms with Crippen LogP contribution >= 0.6 is 11.8 Å². The van der Waals surface area contributed by atoms with Crippen LogP contribution in [0.1, 0.15) is 37.0 Å². The van der Waals surface area contributed by atoms with Crippen molar-refractivity contribution in [2.24, 2.45) is 0 Å². The quantitative estimate of drug-likeness (QED) is 0.787. The molecular weight excluding hydrogens is 303 g/mol. The van der Waals surface area contributed by atoms with Gasteiger partial charge < -0.3 is 10.4 Å². The number of rotatable bonds is 6. The van der Waals surface area contributed by atoms with E-state index in [1.807, 2.05) is 13.8 Å². The van der Waals surface area contributed by atoms with E-state index in [-0.39, 0.29) is 28.8 Å². The molecule has 0 saturated carbocycles. The van der Waals surface area contributed by atoms with Gasteiger partial charge in [-0.15, -0.1) is 0 Å². The number of alkyl halides is 3. The summed E-state index contributed by atoms with van der Waals surface area (Å²) in [6.45, 7) is 3.75. The number of amides is 1. The topological polar surface area (TPSA) is 49.3 Å². The monoisotopic (exact) mass is 321 g/mol. The van der Waals surface area contributed by atoms with Crippen molar-refractivity contribution in [3.63, 3.8) is 0 Å². The van der Waals surface area contributed by atoms with Crippen LogP contribution in [0.15, 0.2) is 29.2 Å². The number of benzene rings is 1. The van der Waals surface area contributed by atoms with Gasteiger partial charge in [-0.2, -0.15) is 13.2 Å². The van der Waals surface area contributed by atoms with Crippen molar-refractivity contribution < 1.29 is 23.1 Å². The molecule has 1 aromatic carbocycles. The van der Waals surface area contributed by atoms with Gasteiger partial charge in [0.1, 0.15) is 0 Å². The van der Waals surface area contributed by atoms with E-state index < -0.39 is 17.0 Å². The zero-order chi connectivity index (χ0) is 16.1. The summed E-state index contributed by atoms with van der Waals surface area (Å²) in [7, 11) is 0. The fourth-order valence-electron chi connectivity index (χ4n) is 1.65. The molecule has 3 nitrogen and oxygen atoms in total. The van der Waals surface area contributed by atoms with Crippen molar-refractivity contribution in [1.82, 2.24) is 5.32 Å². The number of halogens is 3. The minimum Gasteiger partial charge on any atom is -0.388 e. The first kappa shape index (κ1) is 17.8. The number of aliphatic hydroxyl groups is 1. The van der Waals surface area contributed by atoms with Crippen LogP contribution in [-0.2, 0) is 0 Å². The van der Waals surface area contributed by atoms with E-state index in [9.17, 15) is 23.1 Å². The normalized spacial score (nSPS) is 12.3. The molecular formula is C14H18F3NO2S. The Balaban J connectivity index is 2.63. The predicted octanol–water partition coefficient (Wildman–Crippen LogP) is 3.58. The van der Waals surface area contributed by atoms with Crippen LogP contribution < -0.4 is 5.32 Å². The van der Waals surface area contributed by atoms with Crippen LogP contribution in [-0.4, -0.2) is 28.7 Å². The van der Waals surface area contributed by atoms with Crippen molar-refractivity contribution >= 4 is 17.7 Å².